The fraction of sp³-hybridized carbons (Fsp3) is 0.538. The first-order valence-corrected chi connectivity index (χ1v) is 6.58. The van der Waals surface area contributed by atoms with Crippen LogP contribution in [0.5, 0.6) is 0 Å². The van der Waals surface area contributed by atoms with Gasteiger partial charge in [0.1, 0.15) is 5.76 Å². The highest BCUT2D eigenvalue weighted by atomic mass is 16.4. The van der Waals surface area contributed by atoms with Gasteiger partial charge >= 0.3 is 5.97 Å². The van der Waals surface area contributed by atoms with Crippen LogP contribution in [0.2, 0.25) is 0 Å². The molecule has 0 bridgehead atoms. The summed E-state index contributed by atoms with van der Waals surface area (Å²) < 4.78 is 6.90. The number of nitrogens with zero attached hydrogens (tertiary/aromatic N) is 4. The molecule has 2 heterocycles. The van der Waals surface area contributed by atoms with E-state index in [0.717, 1.165) is 17.7 Å². The summed E-state index contributed by atoms with van der Waals surface area (Å²) >= 11 is 0. The van der Waals surface area contributed by atoms with E-state index in [4.69, 9.17) is 4.42 Å². The molecule has 20 heavy (non-hydrogen) atoms. The number of carboxylic acids is 1. The van der Waals surface area contributed by atoms with E-state index in [2.05, 4.69) is 15.5 Å². The zero-order valence-corrected chi connectivity index (χ0v) is 11.8. The second kappa shape index (κ2) is 5.44. The Balaban J connectivity index is 2.37. The largest absolute Gasteiger partial charge is 0.481 e. The van der Waals surface area contributed by atoms with Crippen molar-refractivity contribution in [3.63, 3.8) is 0 Å². The van der Waals surface area contributed by atoms with E-state index in [1.165, 1.54) is 4.68 Å². The van der Waals surface area contributed by atoms with Gasteiger partial charge in [-0.1, -0.05) is 13.8 Å². The summed E-state index contributed by atoms with van der Waals surface area (Å²) in [5, 5.41) is 20.9. The van der Waals surface area contributed by atoms with Crippen molar-refractivity contribution < 1.29 is 14.3 Å². The lowest BCUT2D eigenvalue weighted by molar-refractivity contribution is -0.149. The number of aryl methyl sites for hydroxylation is 1. The highest BCUT2D eigenvalue weighted by molar-refractivity contribution is 5.74. The molecule has 1 N–H and O–H groups in total. The molecular formula is C13H18N4O3. The smallest absolute Gasteiger partial charge is 0.311 e. The van der Waals surface area contributed by atoms with Crippen molar-refractivity contribution in [1.29, 1.82) is 0 Å². The summed E-state index contributed by atoms with van der Waals surface area (Å²) in [7, 11) is 0. The second-order valence-corrected chi connectivity index (χ2v) is 4.99. The topological polar surface area (TPSA) is 94.0 Å². The van der Waals surface area contributed by atoms with Crippen molar-refractivity contribution in [1.82, 2.24) is 20.2 Å². The number of aromatic nitrogens is 4. The summed E-state index contributed by atoms with van der Waals surface area (Å²) in [4.78, 5) is 11.4. The van der Waals surface area contributed by atoms with Crippen LogP contribution in [0.15, 0.2) is 16.7 Å². The van der Waals surface area contributed by atoms with Gasteiger partial charge in [0.15, 0.2) is 5.82 Å². The molecule has 0 saturated heterocycles. The van der Waals surface area contributed by atoms with Crippen LogP contribution in [0.3, 0.4) is 0 Å². The van der Waals surface area contributed by atoms with Crippen molar-refractivity contribution in [2.45, 2.75) is 40.2 Å². The van der Waals surface area contributed by atoms with Gasteiger partial charge in [-0.2, -0.15) is 0 Å². The van der Waals surface area contributed by atoms with Crippen molar-refractivity contribution >= 4 is 5.97 Å². The molecule has 0 spiro atoms. The first kappa shape index (κ1) is 14.2. The van der Waals surface area contributed by atoms with E-state index in [-0.39, 0.29) is 6.54 Å². The number of carboxylic acid groups (broad SMARTS) is 1. The molecule has 2 aromatic heterocycles. The van der Waals surface area contributed by atoms with E-state index >= 15 is 0 Å². The Morgan fingerprint density at radius 2 is 2.25 bits per heavy atom. The first-order valence-electron chi connectivity index (χ1n) is 6.58. The SMILES string of the molecule is CCc1occc1-c1nnnn1CC(C)(CC)C(=O)O. The third kappa shape index (κ3) is 2.43. The quantitative estimate of drug-likeness (QED) is 0.868. The Morgan fingerprint density at radius 3 is 2.85 bits per heavy atom. The summed E-state index contributed by atoms with van der Waals surface area (Å²) in [5.74, 6) is 0.468. The molecule has 0 amide bonds. The molecule has 0 aromatic carbocycles. The maximum absolute atomic E-state index is 11.4. The second-order valence-electron chi connectivity index (χ2n) is 4.99. The predicted octanol–water partition coefficient (Wildman–Crippen LogP) is 2.00. The zero-order chi connectivity index (χ0) is 14.8. The molecule has 7 nitrogen and oxygen atoms in total. The monoisotopic (exact) mass is 278 g/mol. The highest BCUT2D eigenvalue weighted by Crippen LogP contribution is 2.28. The lowest BCUT2D eigenvalue weighted by atomic mass is 9.88. The molecule has 1 unspecified atom stereocenters. The van der Waals surface area contributed by atoms with E-state index in [1.807, 2.05) is 13.8 Å². The van der Waals surface area contributed by atoms with Gasteiger partial charge in [-0.3, -0.25) is 4.79 Å². The van der Waals surface area contributed by atoms with Gasteiger partial charge in [-0.05, 0) is 29.8 Å². The highest BCUT2D eigenvalue weighted by Gasteiger charge is 2.33. The van der Waals surface area contributed by atoms with Crippen LogP contribution in [-0.2, 0) is 17.8 Å². The van der Waals surface area contributed by atoms with Crippen molar-refractivity contribution in [3.05, 3.63) is 18.1 Å². The average molecular weight is 278 g/mol. The Bertz CT molecular complexity index is 604. The molecule has 0 fully saturated rings. The molecule has 0 aliphatic heterocycles. The number of hydrogen-bond acceptors (Lipinski definition) is 5. The number of furan rings is 1. The van der Waals surface area contributed by atoms with Gasteiger partial charge in [-0.25, -0.2) is 4.68 Å². The standard InChI is InChI=1S/C13H18N4O3/c1-4-10-9(6-7-20-10)11-14-15-16-17(11)8-13(3,5-2)12(18)19/h6-7H,4-5,8H2,1-3H3,(H,18,19). The summed E-state index contributed by atoms with van der Waals surface area (Å²) in [6.45, 7) is 5.73. The van der Waals surface area contributed by atoms with Crippen LogP contribution < -0.4 is 0 Å². The molecule has 1 atom stereocenters. The number of aliphatic carboxylic acids is 1. The average Bonchev–Trinajstić information content (AvgIpc) is 3.05. The summed E-state index contributed by atoms with van der Waals surface area (Å²) in [6, 6.07) is 1.80. The molecule has 108 valence electrons. The van der Waals surface area contributed by atoms with E-state index in [9.17, 15) is 9.90 Å². The van der Waals surface area contributed by atoms with Gasteiger partial charge in [0, 0.05) is 6.42 Å². The Morgan fingerprint density at radius 1 is 1.50 bits per heavy atom. The number of tetrazole rings is 1. The van der Waals surface area contributed by atoms with Crippen LogP contribution in [-0.4, -0.2) is 31.3 Å². The zero-order valence-electron chi connectivity index (χ0n) is 11.8. The van der Waals surface area contributed by atoms with Crippen LogP contribution in [0, 0.1) is 5.41 Å². The Kier molecular flexibility index (Phi) is 3.87. The van der Waals surface area contributed by atoms with Gasteiger partial charge in [-0.15, -0.1) is 5.10 Å². The first-order chi connectivity index (χ1) is 9.51. The van der Waals surface area contributed by atoms with Gasteiger partial charge in [0.05, 0.1) is 23.8 Å². The van der Waals surface area contributed by atoms with Crippen LogP contribution in [0.25, 0.3) is 11.4 Å². The van der Waals surface area contributed by atoms with Gasteiger partial charge < -0.3 is 9.52 Å². The number of carbonyl (C=O) groups is 1. The Hall–Kier alpha value is -2.18. The van der Waals surface area contributed by atoms with Gasteiger partial charge in [0.25, 0.3) is 0 Å². The molecule has 0 radical (unpaired) electrons. The minimum Gasteiger partial charge on any atom is -0.481 e. The molecule has 2 rings (SSSR count). The third-order valence-corrected chi connectivity index (χ3v) is 3.63. The summed E-state index contributed by atoms with van der Waals surface area (Å²) in [5.41, 5.74) is -0.0957. The third-order valence-electron chi connectivity index (χ3n) is 3.63. The molecule has 0 aliphatic rings. The van der Waals surface area contributed by atoms with Gasteiger partial charge in [0.2, 0.25) is 0 Å². The van der Waals surface area contributed by atoms with Crippen molar-refractivity contribution in [3.8, 4) is 11.4 Å². The molecule has 0 saturated carbocycles. The Labute approximate surface area is 116 Å². The normalized spacial score (nSPS) is 14.2. The fourth-order valence-electron chi connectivity index (χ4n) is 1.98. The minimum absolute atomic E-state index is 0.218. The maximum Gasteiger partial charge on any atom is 0.311 e. The lowest BCUT2D eigenvalue weighted by Gasteiger charge is -2.22. The van der Waals surface area contributed by atoms with Crippen molar-refractivity contribution in [2.24, 2.45) is 5.41 Å². The van der Waals surface area contributed by atoms with E-state index in [1.54, 1.807) is 19.3 Å². The lowest BCUT2D eigenvalue weighted by Crippen LogP contribution is -2.32. The molecular weight excluding hydrogens is 260 g/mol. The molecule has 2 aromatic rings. The molecule has 7 heteroatoms. The fourth-order valence-corrected chi connectivity index (χ4v) is 1.98. The molecule has 0 aliphatic carbocycles. The number of rotatable bonds is 6. The minimum atomic E-state index is -0.903. The van der Waals surface area contributed by atoms with E-state index in [0.29, 0.717) is 12.2 Å². The van der Waals surface area contributed by atoms with Crippen LogP contribution in [0.4, 0.5) is 0 Å². The summed E-state index contributed by atoms with van der Waals surface area (Å²) in [6.07, 6.45) is 2.80. The van der Waals surface area contributed by atoms with Crippen LogP contribution >= 0.6 is 0 Å². The predicted molar refractivity (Wildman–Crippen MR) is 70.9 cm³/mol. The number of hydrogen-bond donors (Lipinski definition) is 1. The maximum atomic E-state index is 11.4. The van der Waals surface area contributed by atoms with E-state index < -0.39 is 11.4 Å². The van der Waals surface area contributed by atoms with Crippen molar-refractivity contribution in [2.75, 3.05) is 0 Å². The van der Waals surface area contributed by atoms with Crippen LogP contribution in [0.1, 0.15) is 33.0 Å².